The highest BCUT2D eigenvalue weighted by atomic mass is 32.2. The maximum absolute atomic E-state index is 12.5. The lowest BCUT2D eigenvalue weighted by Crippen LogP contribution is -2.22. The van der Waals surface area contributed by atoms with E-state index in [0.29, 0.717) is 28.9 Å². The number of benzene rings is 1. The molecule has 0 aliphatic heterocycles. The van der Waals surface area contributed by atoms with Crippen molar-refractivity contribution in [2.75, 3.05) is 25.2 Å². The van der Waals surface area contributed by atoms with Crippen LogP contribution in [0, 0.1) is 0 Å². The third kappa shape index (κ3) is 4.73. The molecule has 1 aliphatic rings. The van der Waals surface area contributed by atoms with E-state index in [-0.39, 0.29) is 17.6 Å². The zero-order chi connectivity index (χ0) is 21.1. The third-order valence-electron chi connectivity index (χ3n) is 4.71. The van der Waals surface area contributed by atoms with Crippen molar-refractivity contribution in [1.82, 2.24) is 19.7 Å². The average molecular weight is 426 g/mol. The van der Waals surface area contributed by atoms with Crippen LogP contribution in [0.1, 0.15) is 40.7 Å². The van der Waals surface area contributed by atoms with E-state index in [1.807, 2.05) is 16.7 Å². The molecule has 30 heavy (non-hydrogen) atoms. The van der Waals surface area contributed by atoms with E-state index >= 15 is 0 Å². The standard InChI is InChI=1S/C21H23N5O3S/c1-25(2)20(28)15-5-3-6-16(11-15)22-18(27)13-30-21-24-23-19(14-8-9-14)26(21)12-17-7-4-10-29-17/h3-7,10-11,14H,8-9,12-13H2,1-2H3,(H,22,27). The number of nitrogens with one attached hydrogen (secondary N) is 1. The van der Waals surface area contributed by atoms with Crippen LogP contribution >= 0.6 is 11.8 Å². The van der Waals surface area contributed by atoms with Crippen LogP contribution in [-0.4, -0.2) is 51.3 Å². The number of hydrogen-bond donors (Lipinski definition) is 1. The summed E-state index contributed by atoms with van der Waals surface area (Å²) >= 11 is 1.34. The normalized spacial score (nSPS) is 13.3. The molecular weight excluding hydrogens is 402 g/mol. The Morgan fingerprint density at radius 3 is 2.77 bits per heavy atom. The fourth-order valence-corrected chi connectivity index (χ4v) is 3.82. The molecule has 1 fully saturated rings. The summed E-state index contributed by atoms with van der Waals surface area (Å²) in [5, 5.41) is 12.2. The number of thioether (sulfide) groups is 1. The Morgan fingerprint density at radius 2 is 2.07 bits per heavy atom. The lowest BCUT2D eigenvalue weighted by atomic mass is 10.2. The van der Waals surface area contributed by atoms with Gasteiger partial charge in [0.2, 0.25) is 5.91 Å². The van der Waals surface area contributed by atoms with Crippen molar-refractivity contribution >= 4 is 29.3 Å². The van der Waals surface area contributed by atoms with Gasteiger partial charge in [-0.2, -0.15) is 0 Å². The van der Waals surface area contributed by atoms with Gasteiger partial charge >= 0.3 is 0 Å². The van der Waals surface area contributed by atoms with Crippen molar-refractivity contribution in [2.45, 2.75) is 30.5 Å². The van der Waals surface area contributed by atoms with Crippen LogP contribution in [-0.2, 0) is 11.3 Å². The van der Waals surface area contributed by atoms with Crippen molar-refractivity contribution in [3.8, 4) is 0 Å². The Bertz CT molecular complexity index is 1040. The highest BCUT2D eigenvalue weighted by Crippen LogP contribution is 2.40. The summed E-state index contributed by atoms with van der Waals surface area (Å²) in [5.41, 5.74) is 1.11. The van der Waals surface area contributed by atoms with Gasteiger partial charge in [0.05, 0.1) is 18.6 Å². The maximum Gasteiger partial charge on any atom is 0.253 e. The number of nitrogens with zero attached hydrogens (tertiary/aromatic N) is 4. The van der Waals surface area contributed by atoms with Gasteiger partial charge in [-0.25, -0.2) is 0 Å². The van der Waals surface area contributed by atoms with Gasteiger partial charge in [-0.15, -0.1) is 10.2 Å². The van der Waals surface area contributed by atoms with Gasteiger partial charge in [0.1, 0.15) is 11.6 Å². The second-order valence-electron chi connectivity index (χ2n) is 7.40. The minimum atomic E-state index is -0.171. The maximum atomic E-state index is 12.5. The van der Waals surface area contributed by atoms with Crippen LogP contribution in [0.25, 0.3) is 0 Å². The van der Waals surface area contributed by atoms with Crippen LogP contribution in [0.15, 0.2) is 52.2 Å². The summed E-state index contributed by atoms with van der Waals surface area (Å²) in [6.07, 6.45) is 3.87. The fraction of sp³-hybridized carbons (Fsp3) is 0.333. The molecule has 0 atom stereocenters. The number of carbonyl (C=O) groups is 2. The lowest BCUT2D eigenvalue weighted by molar-refractivity contribution is -0.113. The van der Waals surface area contributed by atoms with Crippen LogP contribution in [0.3, 0.4) is 0 Å². The second kappa shape index (κ2) is 8.74. The van der Waals surface area contributed by atoms with Gasteiger partial charge in [0.25, 0.3) is 5.91 Å². The zero-order valence-corrected chi connectivity index (χ0v) is 17.7. The molecule has 8 nitrogen and oxygen atoms in total. The molecule has 156 valence electrons. The van der Waals surface area contributed by atoms with Gasteiger partial charge in [-0.05, 0) is 43.2 Å². The molecule has 2 amide bonds. The van der Waals surface area contributed by atoms with Crippen molar-refractivity contribution in [2.24, 2.45) is 0 Å². The van der Waals surface area contributed by atoms with E-state index in [2.05, 4.69) is 15.5 Å². The first-order valence-corrected chi connectivity index (χ1v) is 10.7. The number of aromatic nitrogens is 3. The Hall–Kier alpha value is -3.07. The Kier molecular flexibility index (Phi) is 5.89. The molecule has 0 saturated heterocycles. The first kappa shape index (κ1) is 20.2. The largest absolute Gasteiger partial charge is 0.467 e. The molecule has 2 heterocycles. The molecule has 0 radical (unpaired) electrons. The van der Waals surface area contributed by atoms with E-state index in [9.17, 15) is 9.59 Å². The van der Waals surface area contributed by atoms with Gasteiger partial charge in [0.15, 0.2) is 5.16 Å². The first-order valence-electron chi connectivity index (χ1n) is 9.71. The Balaban J connectivity index is 1.41. The number of furan rings is 1. The quantitative estimate of drug-likeness (QED) is 0.557. The number of carbonyl (C=O) groups excluding carboxylic acids is 2. The Morgan fingerprint density at radius 1 is 1.23 bits per heavy atom. The second-order valence-corrected chi connectivity index (χ2v) is 8.34. The van der Waals surface area contributed by atoms with E-state index in [1.165, 1.54) is 16.7 Å². The highest BCUT2D eigenvalue weighted by molar-refractivity contribution is 7.99. The molecule has 1 aromatic carbocycles. The predicted molar refractivity (Wildman–Crippen MR) is 114 cm³/mol. The zero-order valence-electron chi connectivity index (χ0n) is 16.9. The van der Waals surface area contributed by atoms with Crippen LogP contribution in [0.2, 0.25) is 0 Å². The monoisotopic (exact) mass is 425 g/mol. The van der Waals surface area contributed by atoms with E-state index in [0.717, 1.165) is 24.4 Å². The summed E-state index contributed by atoms with van der Waals surface area (Å²) in [4.78, 5) is 26.1. The number of anilines is 1. The molecule has 0 spiro atoms. The van der Waals surface area contributed by atoms with Crippen LogP contribution in [0.4, 0.5) is 5.69 Å². The fourth-order valence-electron chi connectivity index (χ4n) is 3.07. The molecule has 1 aliphatic carbocycles. The summed E-state index contributed by atoms with van der Waals surface area (Å²) in [7, 11) is 3.39. The third-order valence-corrected chi connectivity index (χ3v) is 5.68. The van der Waals surface area contributed by atoms with Crippen molar-refractivity contribution in [3.63, 3.8) is 0 Å². The molecule has 2 aromatic heterocycles. The van der Waals surface area contributed by atoms with Crippen molar-refractivity contribution in [1.29, 1.82) is 0 Å². The number of amides is 2. The highest BCUT2D eigenvalue weighted by Gasteiger charge is 2.30. The van der Waals surface area contributed by atoms with Gasteiger partial charge in [0, 0.05) is 31.3 Å². The summed E-state index contributed by atoms with van der Waals surface area (Å²) in [6, 6.07) is 10.7. The van der Waals surface area contributed by atoms with Crippen LogP contribution < -0.4 is 5.32 Å². The first-order chi connectivity index (χ1) is 14.5. The van der Waals surface area contributed by atoms with Crippen molar-refractivity contribution < 1.29 is 14.0 Å². The summed E-state index contributed by atoms with van der Waals surface area (Å²) in [6.45, 7) is 0.546. The molecule has 0 bridgehead atoms. The Labute approximate surface area is 178 Å². The van der Waals surface area contributed by atoms with Crippen LogP contribution in [0.5, 0.6) is 0 Å². The van der Waals surface area contributed by atoms with E-state index in [4.69, 9.17) is 4.42 Å². The topological polar surface area (TPSA) is 93.3 Å². The molecular formula is C21H23N5O3S. The van der Waals surface area contributed by atoms with E-state index < -0.39 is 0 Å². The minimum absolute atomic E-state index is 0.112. The van der Waals surface area contributed by atoms with Gasteiger partial charge < -0.3 is 14.6 Å². The molecule has 3 aromatic rings. The van der Waals surface area contributed by atoms with E-state index in [1.54, 1.807) is 44.6 Å². The lowest BCUT2D eigenvalue weighted by Gasteiger charge is -2.12. The average Bonchev–Trinajstić information content (AvgIpc) is 3.29. The van der Waals surface area contributed by atoms with Crippen molar-refractivity contribution in [3.05, 3.63) is 59.8 Å². The number of hydrogen-bond acceptors (Lipinski definition) is 6. The molecule has 1 saturated carbocycles. The molecule has 0 unspecified atom stereocenters. The SMILES string of the molecule is CN(C)C(=O)c1cccc(NC(=O)CSc2nnc(C3CC3)n2Cc2ccco2)c1. The summed E-state index contributed by atoms with van der Waals surface area (Å²) < 4.78 is 7.51. The van der Waals surface area contributed by atoms with Gasteiger partial charge in [-0.3, -0.25) is 14.2 Å². The molecule has 4 rings (SSSR count). The smallest absolute Gasteiger partial charge is 0.253 e. The number of rotatable bonds is 8. The predicted octanol–water partition coefficient (Wildman–Crippen LogP) is 3.23. The van der Waals surface area contributed by atoms with Gasteiger partial charge in [-0.1, -0.05) is 17.8 Å². The summed E-state index contributed by atoms with van der Waals surface area (Å²) in [5.74, 6) is 2.11. The molecule has 9 heteroatoms. The molecule has 1 N–H and O–H groups in total. The minimum Gasteiger partial charge on any atom is -0.467 e.